The van der Waals surface area contributed by atoms with Gasteiger partial charge in [0.15, 0.2) is 0 Å². The summed E-state index contributed by atoms with van der Waals surface area (Å²) >= 11 is 0. The van der Waals surface area contributed by atoms with E-state index in [1.807, 2.05) is 20.2 Å². The third kappa shape index (κ3) is 4.76. The van der Waals surface area contributed by atoms with Crippen molar-refractivity contribution in [1.29, 1.82) is 0 Å². The quantitative estimate of drug-likeness (QED) is 0.833. The first-order chi connectivity index (χ1) is 9.32. The largest absolute Gasteiger partial charge is 0.389 e. The van der Waals surface area contributed by atoms with Crippen LogP contribution in [0.25, 0.3) is 0 Å². The molecule has 0 saturated carbocycles. The van der Waals surface area contributed by atoms with Gasteiger partial charge in [-0.05, 0) is 39.1 Å². The minimum Gasteiger partial charge on any atom is -0.389 e. The van der Waals surface area contributed by atoms with Gasteiger partial charge >= 0.3 is 0 Å². The zero-order valence-electron chi connectivity index (χ0n) is 13.2. The van der Waals surface area contributed by atoms with Gasteiger partial charge in [-0.25, -0.2) is 4.39 Å². The van der Waals surface area contributed by atoms with E-state index in [0.717, 1.165) is 25.3 Å². The lowest BCUT2D eigenvalue weighted by atomic mass is 10.0. The first-order valence-corrected chi connectivity index (χ1v) is 7.19. The summed E-state index contributed by atoms with van der Waals surface area (Å²) in [6.07, 6.45) is -0.805. The molecule has 0 spiro atoms. The molecule has 0 fully saturated rings. The summed E-state index contributed by atoms with van der Waals surface area (Å²) in [5.41, 5.74) is 1.20. The third-order valence-electron chi connectivity index (χ3n) is 3.19. The van der Waals surface area contributed by atoms with Gasteiger partial charge in [-0.3, -0.25) is 0 Å². The number of hydrogen-bond acceptors (Lipinski definition) is 3. The molecule has 0 heterocycles. The summed E-state index contributed by atoms with van der Waals surface area (Å²) < 4.78 is 14.0. The van der Waals surface area contributed by atoms with E-state index in [0.29, 0.717) is 11.5 Å². The molecule has 0 aliphatic carbocycles. The van der Waals surface area contributed by atoms with E-state index in [4.69, 9.17) is 0 Å². The standard InChI is InChI=1S/C16H27FN2O/c1-12(2)11-19(10-9-18(4)5)15-8-6-7-14(17)16(15)13(3)20/h6-8,12-13,20H,9-11H2,1-5H3. The molecule has 1 rings (SSSR count). The molecule has 0 aliphatic rings. The van der Waals surface area contributed by atoms with Crippen LogP contribution in [0.5, 0.6) is 0 Å². The van der Waals surface area contributed by atoms with E-state index < -0.39 is 6.10 Å². The molecular weight excluding hydrogens is 255 g/mol. The third-order valence-corrected chi connectivity index (χ3v) is 3.19. The number of benzene rings is 1. The Morgan fingerprint density at radius 3 is 2.30 bits per heavy atom. The minimum absolute atomic E-state index is 0.337. The van der Waals surface area contributed by atoms with Crippen LogP contribution in [0, 0.1) is 11.7 Å². The lowest BCUT2D eigenvalue weighted by Crippen LogP contribution is -2.35. The molecule has 0 bridgehead atoms. The Morgan fingerprint density at radius 1 is 1.15 bits per heavy atom. The molecule has 1 N–H and O–H groups in total. The Morgan fingerprint density at radius 2 is 1.80 bits per heavy atom. The molecule has 4 heteroatoms. The maximum Gasteiger partial charge on any atom is 0.131 e. The lowest BCUT2D eigenvalue weighted by Gasteiger charge is -2.30. The number of rotatable bonds is 7. The van der Waals surface area contributed by atoms with Gasteiger partial charge in [-0.1, -0.05) is 19.9 Å². The van der Waals surface area contributed by atoms with Crippen molar-refractivity contribution in [1.82, 2.24) is 4.90 Å². The molecule has 0 amide bonds. The van der Waals surface area contributed by atoms with Crippen LogP contribution >= 0.6 is 0 Å². The Bertz CT molecular complexity index is 419. The number of halogens is 1. The first-order valence-electron chi connectivity index (χ1n) is 7.19. The van der Waals surface area contributed by atoms with Crippen LogP contribution in [0.15, 0.2) is 18.2 Å². The van der Waals surface area contributed by atoms with Gasteiger partial charge in [-0.15, -0.1) is 0 Å². The molecule has 0 aliphatic heterocycles. The van der Waals surface area contributed by atoms with E-state index in [1.54, 1.807) is 13.0 Å². The molecule has 3 nitrogen and oxygen atoms in total. The minimum atomic E-state index is -0.805. The van der Waals surface area contributed by atoms with Crippen LogP contribution in [0.1, 0.15) is 32.4 Å². The van der Waals surface area contributed by atoms with E-state index in [9.17, 15) is 9.50 Å². The van der Waals surface area contributed by atoms with Crippen molar-refractivity contribution in [2.75, 3.05) is 38.6 Å². The zero-order chi connectivity index (χ0) is 15.3. The highest BCUT2D eigenvalue weighted by molar-refractivity contribution is 5.55. The highest BCUT2D eigenvalue weighted by Crippen LogP contribution is 2.29. The fourth-order valence-electron chi connectivity index (χ4n) is 2.29. The van der Waals surface area contributed by atoms with Gasteiger partial charge in [-0.2, -0.15) is 0 Å². The average Bonchev–Trinajstić information content (AvgIpc) is 2.33. The van der Waals surface area contributed by atoms with Gasteiger partial charge < -0.3 is 14.9 Å². The van der Waals surface area contributed by atoms with Crippen LogP contribution in [-0.2, 0) is 0 Å². The fourth-order valence-corrected chi connectivity index (χ4v) is 2.29. The topological polar surface area (TPSA) is 26.7 Å². The number of hydrogen-bond donors (Lipinski definition) is 1. The van der Waals surface area contributed by atoms with Crippen molar-refractivity contribution >= 4 is 5.69 Å². The Labute approximate surface area is 122 Å². The highest BCUT2D eigenvalue weighted by Gasteiger charge is 2.19. The number of aliphatic hydroxyl groups excluding tert-OH is 1. The van der Waals surface area contributed by atoms with E-state index in [2.05, 4.69) is 23.6 Å². The molecule has 0 saturated heterocycles. The van der Waals surface area contributed by atoms with E-state index in [-0.39, 0.29) is 5.82 Å². The molecule has 114 valence electrons. The van der Waals surface area contributed by atoms with Crippen molar-refractivity contribution in [3.8, 4) is 0 Å². The lowest BCUT2D eigenvalue weighted by molar-refractivity contribution is 0.194. The second-order valence-corrected chi connectivity index (χ2v) is 5.99. The zero-order valence-corrected chi connectivity index (χ0v) is 13.2. The van der Waals surface area contributed by atoms with Gasteiger partial charge in [0.2, 0.25) is 0 Å². The molecule has 1 aromatic carbocycles. The predicted octanol–water partition coefficient (Wildman–Crippen LogP) is 2.90. The Hall–Kier alpha value is -1.13. The highest BCUT2D eigenvalue weighted by atomic mass is 19.1. The summed E-state index contributed by atoms with van der Waals surface area (Å²) in [6.45, 7) is 8.45. The van der Waals surface area contributed by atoms with Crippen molar-refractivity contribution in [3.05, 3.63) is 29.6 Å². The van der Waals surface area contributed by atoms with Crippen molar-refractivity contribution in [2.24, 2.45) is 5.92 Å². The second-order valence-electron chi connectivity index (χ2n) is 5.99. The van der Waals surface area contributed by atoms with Crippen LogP contribution in [0.2, 0.25) is 0 Å². The second kappa shape index (κ2) is 7.60. The summed E-state index contributed by atoms with van der Waals surface area (Å²) in [6, 6.07) is 5.01. The Kier molecular flexibility index (Phi) is 6.43. The maximum absolute atomic E-state index is 14.0. The fraction of sp³-hybridized carbons (Fsp3) is 0.625. The smallest absolute Gasteiger partial charge is 0.131 e. The molecule has 1 atom stereocenters. The summed E-state index contributed by atoms with van der Waals surface area (Å²) in [5, 5.41) is 9.87. The van der Waals surface area contributed by atoms with Crippen molar-refractivity contribution in [2.45, 2.75) is 26.9 Å². The van der Waals surface area contributed by atoms with E-state index in [1.165, 1.54) is 6.07 Å². The predicted molar refractivity (Wildman–Crippen MR) is 82.6 cm³/mol. The first kappa shape index (κ1) is 16.9. The van der Waals surface area contributed by atoms with Crippen LogP contribution < -0.4 is 4.90 Å². The van der Waals surface area contributed by atoms with Crippen LogP contribution in [0.4, 0.5) is 10.1 Å². The molecule has 20 heavy (non-hydrogen) atoms. The number of nitrogens with zero attached hydrogens (tertiary/aromatic N) is 2. The molecule has 1 aromatic rings. The normalized spacial score (nSPS) is 13.1. The van der Waals surface area contributed by atoms with Crippen LogP contribution in [-0.4, -0.2) is 43.7 Å². The monoisotopic (exact) mass is 282 g/mol. The number of anilines is 1. The van der Waals surface area contributed by atoms with Gasteiger partial charge in [0, 0.05) is 30.9 Å². The van der Waals surface area contributed by atoms with E-state index >= 15 is 0 Å². The van der Waals surface area contributed by atoms with Gasteiger partial charge in [0.25, 0.3) is 0 Å². The molecule has 1 unspecified atom stereocenters. The molecule has 0 radical (unpaired) electrons. The number of likely N-dealkylation sites (N-methyl/N-ethyl adjacent to an activating group) is 1. The van der Waals surface area contributed by atoms with Crippen molar-refractivity contribution < 1.29 is 9.50 Å². The van der Waals surface area contributed by atoms with Crippen LogP contribution in [0.3, 0.4) is 0 Å². The number of aliphatic hydroxyl groups is 1. The summed E-state index contributed by atoms with van der Waals surface area (Å²) in [4.78, 5) is 4.27. The van der Waals surface area contributed by atoms with Gasteiger partial charge in [0.1, 0.15) is 5.82 Å². The SMILES string of the molecule is CC(C)CN(CCN(C)C)c1cccc(F)c1C(C)O. The molecule has 0 aromatic heterocycles. The molecular formula is C16H27FN2O. The summed E-state index contributed by atoms with van der Waals surface area (Å²) in [7, 11) is 4.05. The van der Waals surface area contributed by atoms with Crippen molar-refractivity contribution in [3.63, 3.8) is 0 Å². The average molecular weight is 282 g/mol. The van der Waals surface area contributed by atoms with Gasteiger partial charge in [0.05, 0.1) is 6.10 Å². The maximum atomic E-state index is 14.0. The summed E-state index contributed by atoms with van der Waals surface area (Å²) in [5.74, 6) is 0.137. The Balaban J connectivity index is 3.09.